The molecule has 0 saturated heterocycles. The lowest BCUT2D eigenvalue weighted by Crippen LogP contribution is -1.96. The number of hydrogen-bond donors (Lipinski definition) is 1. The molecule has 0 fully saturated rings. The molecule has 0 aliphatic rings. The number of aromatic nitrogens is 1. The van der Waals surface area contributed by atoms with E-state index in [1.165, 1.54) is 0 Å². The SMILES string of the molecule is CNc1c(C#N)cnc2c(Br)ccc(Br)c12. The van der Waals surface area contributed by atoms with E-state index in [1.807, 2.05) is 12.1 Å². The van der Waals surface area contributed by atoms with Gasteiger partial charge in [-0.15, -0.1) is 0 Å². The maximum Gasteiger partial charge on any atom is 0.103 e. The minimum atomic E-state index is 0.536. The van der Waals surface area contributed by atoms with Crippen molar-refractivity contribution in [2.24, 2.45) is 0 Å². The largest absolute Gasteiger partial charge is 0.386 e. The van der Waals surface area contributed by atoms with E-state index >= 15 is 0 Å². The Morgan fingerprint density at radius 1 is 1.31 bits per heavy atom. The fourth-order valence-corrected chi connectivity index (χ4v) is 2.53. The van der Waals surface area contributed by atoms with Crippen LogP contribution in [-0.2, 0) is 0 Å². The maximum atomic E-state index is 9.01. The smallest absolute Gasteiger partial charge is 0.103 e. The second kappa shape index (κ2) is 4.40. The van der Waals surface area contributed by atoms with Gasteiger partial charge in [0.15, 0.2) is 0 Å². The van der Waals surface area contributed by atoms with Crippen molar-refractivity contribution in [3.63, 3.8) is 0 Å². The minimum absolute atomic E-state index is 0.536. The van der Waals surface area contributed by atoms with Gasteiger partial charge in [-0.3, -0.25) is 4.98 Å². The Labute approximate surface area is 110 Å². The molecule has 0 spiro atoms. The Morgan fingerprint density at radius 2 is 2.00 bits per heavy atom. The quantitative estimate of drug-likeness (QED) is 0.861. The van der Waals surface area contributed by atoms with E-state index in [0.29, 0.717) is 5.56 Å². The molecule has 16 heavy (non-hydrogen) atoms. The zero-order chi connectivity index (χ0) is 11.7. The standard InChI is InChI=1S/C11H7Br2N3/c1-15-10-6(4-14)5-16-11-8(13)3-2-7(12)9(10)11/h2-3,5H,1H3,(H,15,16). The fraction of sp³-hybridized carbons (Fsp3) is 0.0909. The van der Waals surface area contributed by atoms with E-state index in [9.17, 15) is 0 Å². The zero-order valence-electron chi connectivity index (χ0n) is 8.38. The van der Waals surface area contributed by atoms with Gasteiger partial charge in [-0.05, 0) is 28.1 Å². The van der Waals surface area contributed by atoms with Crippen LogP contribution in [-0.4, -0.2) is 12.0 Å². The molecule has 1 N–H and O–H groups in total. The van der Waals surface area contributed by atoms with Gasteiger partial charge in [0, 0.05) is 27.6 Å². The number of benzene rings is 1. The fourth-order valence-electron chi connectivity index (χ4n) is 1.58. The van der Waals surface area contributed by atoms with Crippen molar-refractivity contribution < 1.29 is 0 Å². The number of halogens is 2. The summed E-state index contributed by atoms with van der Waals surface area (Å²) < 4.78 is 1.83. The number of nitrogens with one attached hydrogen (secondary N) is 1. The van der Waals surface area contributed by atoms with Crippen molar-refractivity contribution in [3.8, 4) is 6.07 Å². The lowest BCUT2D eigenvalue weighted by Gasteiger charge is -2.10. The molecule has 1 heterocycles. The Bertz CT molecular complexity index is 602. The minimum Gasteiger partial charge on any atom is -0.386 e. The molecule has 0 saturated carbocycles. The Hall–Kier alpha value is -1.12. The summed E-state index contributed by atoms with van der Waals surface area (Å²) in [6.07, 6.45) is 1.57. The third-order valence-electron chi connectivity index (χ3n) is 2.29. The predicted octanol–water partition coefficient (Wildman–Crippen LogP) is 3.67. The molecule has 80 valence electrons. The third-order valence-corrected chi connectivity index (χ3v) is 3.59. The molecule has 0 aliphatic heterocycles. The molecular formula is C11H7Br2N3. The Balaban J connectivity index is 2.98. The van der Waals surface area contributed by atoms with Crippen molar-refractivity contribution in [2.45, 2.75) is 0 Å². The molecule has 1 aromatic heterocycles. The van der Waals surface area contributed by atoms with Crippen molar-refractivity contribution in [2.75, 3.05) is 12.4 Å². The average molecular weight is 341 g/mol. The molecule has 5 heteroatoms. The molecule has 3 nitrogen and oxygen atoms in total. The van der Waals surface area contributed by atoms with Crippen LogP contribution in [0.25, 0.3) is 10.9 Å². The number of fused-ring (bicyclic) bond motifs is 1. The lowest BCUT2D eigenvalue weighted by atomic mass is 10.1. The molecular weight excluding hydrogens is 334 g/mol. The molecule has 0 unspecified atom stereocenters. The monoisotopic (exact) mass is 339 g/mol. The first-order valence-corrected chi connectivity index (χ1v) is 6.12. The zero-order valence-corrected chi connectivity index (χ0v) is 11.6. The molecule has 0 bridgehead atoms. The van der Waals surface area contributed by atoms with Crippen molar-refractivity contribution in [1.29, 1.82) is 5.26 Å². The summed E-state index contributed by atoms with van der Waals surface area (Å²) in [5.41, 5.74) is 2.16. The molecule has 0 aliphatic carbocycles. The van der Waals surface area contributed by atoms with Gasteiger partial charge in [-0.2, -0.15) is 5.26 Å². The van der Waals surface area contributed by atoms with E-state index in [4.69, 9.17) is 5.26 Å². The van der Waals surface area contributed by atoms with Gasteiger partial charge in [0.2, 0.25) is 0 Å². The highest BCUT2D eigenvalue weighted by atomic mass is 79.9. The van der Waals surface area contributed by atoms with Gasteiger partial charge in [-0.25, -0.2) is 0 Å². The van der Waals surface area contributed by atoms with Gasteiger partial charge in [0.1, 0.15) is 6.07 Å². The highest BCUT2D eigenvalue weighted by molar-refractivity contribution is 9.11. The molecule has 1 aromatic carbocycles. The highest BCUT2D eigenvalue weighted by Gasteiger charge is 2.12. The van der Waals surface area contributed by atoms with E-state index in [2.05, 4.69) is 48.2 Å². The van der Waals surface area contributed by atoms with E-state index in [-0.39, 0.29) is 0 Å². The second-order valence-corrected chi connectivity index (χ2v) is 4.87. The molecule has 0 amide bonds. The number of anilines is 1. The van der Waals surface area contributed by atoms with Gasteiger partial charge < -0.3 is 5.32 Å². The summed E-state index contributed by atoms with van der Waals surface area (Å²) >= 11 is 6.92. The average Bonchev–Trinajstić information content (AvgIpc) is 2.32. The number of nitrogens with zero attached hydrogens (tertiary/aromatic N) is 2. The van der Waals surface area contributed by atoms with Gasteiger partial charge >= 0.3 is 0 Å². The molecule has 2 rings (SSSR count). The number of nitriles is 1. The first-order chi connectivity index (χ1) is 7.69. The van der Waals surface area contributed by atoms with Crippen molar-refractivity contribution >= 4 is 48.5 Å². The van der Waals surface area contributed by atoms with Crippen LogP contribution < -0.4 is 5.32 Å². The first-order valence-electron chi connectivity index (χ1n) is 4.53. The summed E-state index contributed by atoms with van der Waals surface area (Å²) in [5.74, 6) is 0. The van der Waals surface area contributed by atoms with Gasteiger partial charge in [-0.1, -0.05) is 15.9 Å². The molecule has 0 atom stereocenters. The second-order valence-electron chi connectivity index (χ2n) is 3.16. The third kappa shape index (κ3) is 1.68. The summed E-state index contributed by atoms with van der Waals surface area (Å²) in [6, 6.07) is 5.97. The normalized spacial score (nSPS) is 10.1. The van der Waals surface area contributed by atoms with Gasteiger partial charge in [0.05, 0.1) is 16.8 Å². The van der Waals surface area contributed by atoms with Crippen molar-refractivity contribution in [3.05, 3.63) is 32.8 Å². The Kier molecular flexibility index (Phi) is 3.13. The van der Waals surface area contributed by atoms with Crippen LogP contribution in [0, 0.1) is 11.3 Å². The van der Waals surface area contributed by atoms with Crippen LogP contribution in [0.4, 0.5) is 5.69 Å². The number of pyridine rings is 1. The van der Waals surface area contributed by atoms with Crippen LogP contribution in [0.3, 0.4) is 0 Å². The van der Waals surface area contributed by atoms with E-state index in [0.717, 1.165) is 25.5 Å². The van der Waals surface area contributed by atoms with Crippen molar-refractivity contribution in [1.82, 2.24) is 4.98 Å². The summed E-state index contributed by atoms with van der Waals surface area (Å²) in [4.78, 5) is 4.28. The van der Waals surface area contributed by atoms with Crippen LogP contribution in [0.15, 0.2) is 27.3 Å². The van der Waals surface area contributed by atoms with Crippen LogP contribution in [0.1, 0.15) is 5.56 Å². The first kappa shape index (κ1) is 11.4. The molecule has 2 aromatic rings. The van der Waals surface area contributed by atoms with Crippen LogP contribution in [0.5, 0.6) is 0 Å². The number of hydrogen-bond acceptors (Lipinski definition) is 3. The topological polar surface area (TPSA) is 48.7 Å². The van der Waals surface area contributed by atoms with Crippen LogP contribution >= 0.6 is 31.9 Å². The summed E-state index contributed by atoms with van der Waals surface area (Å²) in [5, 5.41) is 13.0. The van der Waals surface area contributed by atoms with Crippen LogP contribution in [0.2, 0.25) is 0 Å². The van der Waals surface area contributed by atoms with E-state index < -0.39 is 0 Å². The lowest BCUT2D eigenvalue weighted by molar-refractivity contribution is 1.34. The summed E-state index contributed by atoms with van der Waals surface area (Å²) in [7, 11) is 1.79. The number of rotatable bonds is 1. The van der Waals surface area contributed by atoms with Gasteiger partial charge in [0.25, 0.3) is 0 Å². The highest BCUT2D eigenvalue weighted by Crippen LogP contribution is 2.35. The Morgan fingerprint density at radius 3 is 2.62 bits per heavy atom. The maximum absolute atomic E-state index is 9.01. The van der Waals surface area contributed by atoms with E-state index in [1.54, 1.807) is 13.2 Å². The summed E-state index contributed by atoms with van der Waals surface area (Å²) in [6.45, 7) is 0. The molecule has 0 radical (unpaired) electrons. The predicted molar refractivity (Wildman–Crippen MR) is 71.4 cm³/mol.